The lowest BCUT2D eigenvalue weighted by molar-refractivity contribution is 0.342. The molecule has 0 N–H and O–H groups in total. The predicted octanol–water partition coefficient (Wildman–Crippen LogP) is 3.78. The molecule has 0 spiro atoms. The molecule has 1 aliphatic carbocycles. The fourth-order valence-corrected chi connectivity index (χ4v) is 3.10. The molecule has 102 valence electrons. The van der Waals surface area contributed by atoms with Crippen molar-refractivity contribution in [3.05, 3.63) is 40.5 Å². The molecule has 1 aromatic carbocycles. The molecule has 0 bridgehead atoms. The minimum Gasteiger partial charge on any atom is -0.303 e. The summed E-state index contributed by atoms with van der Waals surface area (Å²) in [6, 6.07) is 2.44. The molecule has 0 atom stereocenters. The van der Waals surface area contributed by atoms with Crippen LogP contribution in [0, 0.1) is 11.6 Å². The Kier molecular flexibility index (Phi) is 3.65. The highest BCUT2D eigenvalue weighted by atomic mass is 19.1. The summed E-state index contributed by atoms with van der Waals surface area (Å²) in [5, 5.41) is 0. The third-order valence-electron chi connectivity index (χ3n) is 4.20. The van der Waals surface area contributed by atoms with Crippen molar-refractivity contribution >= 4 is 6.08 Å². The zero-order valence-electron chi connectivity index (χ0n) is 11.1. The number of hydrogen-bond donors (Lipinski definition) is 0. The van der Waals surface area contributed by atoms with Crippen LogP contribution in [0.1, 0.15) is 36.8 Å². The molecule has 0 saturated carbocycles. The summed E-state index contributed by atoms with van der Waals surface area (Å²) >= 11 is 0. The Hall–Kier alpha value is -1.22. The fraction of sp³-hybridized carbons (Fsp3) is 0.500. The minimum atomic E-state index is -0.478. The van der Waals surface area contributed by atoms with E-state index in [-0.39, 0.29) is 0 Å². The molecule has 1 aromatic rings. The van der Waals surface area contributed by atoms with Crippen LogP contribution in [0.2, 0.25) is 0 Å². The summed E-state index contributed by atoms with van der Waals surface area (Å²) in [7, 11) is 0. The summed E-state index contributed by atoms with van der Waals surface area (Å²) in [5.74, 6) is -0.877. The van der Waals surface area contributed by atoms with Gasteiger partial charge >= 0.3 is 0 Å². The van der Waals surface area contributed by atoms with Gasteiger partial charge in [0.1, 0.15) is 11.6 Å². The van der Waals surface area contributed by atoms with Crippen LogP contribution in [0.4, 0.5) is 8.78 Å². The second-order valence-corrected chi connectivity index (χ2v) is 5.56. The van der Waals surface area contributed by atoms with Crippen LogP contribution in [0.15, 0.2) is 17.7 Å². The number of halogens is 2. The zero-order chi connectivity index (χ0) is 13.2. The highest BCUT2D eigenvalue weighted by Gasteiger charge is 2.17. The average molecular weight is 263 g/mol. The topological polar surface area (TPSA) is 3.24 Å². The van der Waals surface area contributed by atoms with E-state index in [9.17, 15) is 8.78 Å². The fourth-order valence-electron chi connectivity index (χ4n) is 3.10. The monoisotopic (exact) mass is 263 g/mol. The third-order valence-corrected chi connectivity index (χ3v) is 4.20. The van der Waals surface area contributed by atoms with Gasteiger partial charge < -0.3 is 4.90 Å². The van der Waals surface area contributed by atoms with Gasteiger partial charge in [-0.25, -0.2) is 8.78 Å². The first kappa shape index (κ1) is 12.8. The van der Waals surface area contributed by atoms with Crippen LogP contribution < -0.4 is 0 Å². The molecule has 1 aliphatic heterocycles. The molecule has 1 nitrogen and oxygen atoms in total. The molecule has 0 aromatic heterocycles. The molecule has 3 rings (SSSR count). The smallest absolute Gasteiger partial charge is 0.129 e. The lowest BCUT2D eigenvalue weighted by Crippen LogP contribution is -2.21. The maximum Gasteiger partial charge on any atom is 0.129 e. The SMILES string of the molecule is Fc1cc(F)c2c(c1)C=C(CCN1CCCC1)CC2. The normalized spacial score (nSPS) is 19.4. The van der Waals surface area contributed by atoms with E-state index < -0.39 is 11.6 Å². The zero-order valence-corrected chi connectivity index (χ0v) is 11.1. The molecule has 1 heterocycles. The number of hydrogen-bond acceptors (Lipinski definition) is 1. The van der Waals surface area contributed by atoms with Gasteiger partial charge in [-0.1, -0.05) is 11.6 Å². The van der Waals surface area contributed by atoms with E-state index in [1.54, 1.807) is 0 Å². The Labute approximate surface area is 112 Å². The Balaban J connectivity index is 1.71. The molecule has 1 saturated heterocycles. The van der Waals surface area contributed by atoms with E-state index in [4.69, 9.17) is 0 Å². The van der Waals surface area contributed by atoms with E-state index >= 15 is 0 Å². The Morgan fingerprint density at radius 1 is 1.05 bits per heavy atom. The lowest BCUT2D eigenvalue weighted by Gasteiger charge is -2.20. The first-order valence-electron chi connectivity index (χ1n) is 7.12. The summed E-state index contributed by atoms with van der Waals surface area (Å²) in [6.45, 7) is 3.49. The van der Waals surface area contributed by atoms with Crippen molar-refractivity contribution in [3.8, 4) is 0 Å². The summed E-state index contributed by atoms with van der Waals surface area (Å²) in [6.07, 6.45) is 7.23. The standard InChI is InChI=1S/C16H19F2N/c17-14-10-13-9-12(3-4-15(13)16(18)11-14)5-8-19-6-1-2-7-19/h9-11H,1-8H2. The lowest BCUT2D eigenvalue weighted by atomic mass is 9.90. The van der Waals surface area contributed by atoms with E-state index in [1.165, 1.54) is 37.6 Å². The van der Waals surface area contributed by atoms with Crippen LogP contribution in [0.25, 0.3) is 6.08 Å². The van der Waals surface area contributed by atoms with Gasteiger partial charge in [0, 0.05) is 12.6 Å². The number of rotatable bonds is 3. The van der Waals surface area contributed by atoms with Gasteiger partial charge in [-0.3, -0.25) is 0 Å². The minimum absolute atomic E-state index is 0.398. The van der Waals surface area contributed by atoms with Crippen LogP contribution >= 0.6 is 0 Å². The van der Waals surface area contributed by atoms with Crippen molar-refractivity contribution < 1.29 is 8.78 Å². The van der Waals surface area contributed by atoms with E-state index in [2.05, 4.69) is 4.90 Å². The Morgan fingerprint density at radius 2 is 1.84 bits per heavy atom. The summed E-state index contributed by atoms with van der Waals surface area (Å²) in [4.78, 5) is 2.47. The van der Waals surface area contributed by atoms with Crippen molar-refractivity contribution in [1.29, 1.82) is 0 Å². The van der Waals surface area contributed by atoms with Crippen molar-refractivity contribution in [1.82, 2.24) is 4.90 Å². The van der Waals surface area contributed by atoms with E-state index in [0.29, 0.717) is 12.0 Å². The van der Waals surface area contributed by atoms with Gasteiger partial charge in [0.2, 0.25) is 0 Å². The molecule has 0 radical (unpaired) electrons. The van der Waals surface area contributed by atoms with Crippen LogP contribution in [-0.2, 0) is 6.42 Å². The van der Waals surface area contributed by atoms with Crippen molar-refractivity contribution in [3.63, 3.8) is 0 Å². The molecule has 19 heavy (non-hydrogen) atoms. The van der Waals surface area contributed by atoms with Crippen molar-refractivity contribution in [2.75, 3.05) is 19.6 Å². The largest absolute Gasteiger partial charge is 0.303 e. The van der Waals surface area contributed by atoms with E-state index in [1.807, 2.05) is 6.08 Å². The van der Waals surface area contributed by atoms with Gasteiger partial charge in [-0.2, -0.15) is 0 Å². The van der Waals surface area contributed by atoms with Crippen molar-refractivity contribution in [2.45, 2.75) is 32.1 Å². The molecule has 2 aliphatic rings. The molecule has 0 unspecified atom stereocenters. The van der Waals surface area contributed by atoms with Crippen LogP contribution in [-0.4, -0.2) is 24.5 Å². The Bertz CT molecular complexity index is 502. The molecular weight excluding hydrogens is 244 g/mol. The van der Waals surface area contributed by atoms with Gasteiger partial charge in [-0.15, -0.1) is 0 Å². The second-order valence-electron chi connectivity index (χ2n) is 5.56. The van der Waals surface area contributed by atoms with Gasteiger partial charge in [0.25, 0.3) is 0 Å². The molecule has 1 fully saturated rings. The maximum atomic E-state index is 13.6. The Morgan fingerprint density at radius 3 is 2.63 bits per heavy atom. The van der Waals surface area contributed by atoms with Crippen LogP contribution in [0.5, 0.6) is 0 Å². The van der Waals surface area contributed by atoms with Crippen LogP contribution in [0.3, 0.4) is 0 Å². The van der Waals surface area contributed by atoms with E-state index in [0.717, 1.165) is 31.0 Å². The first-order chi connectivity index (χ1) is 9.22. The molecule has 0 amide bonds. The third kappa shape index (κ3) is 2.86. The number of benzene rings is 1. The predicted molar refractivity (Wildman–Crippen MR) is 72.9 cm³/mol. The van der Waals surface area contributed by atoms with Crippen molar-refractivity contribution in [2.24, 2.45) is 0 Å². The summed E-state index contributed by atoms with van der Waals surface area (Å²) in [5.41, 5.74) is 2.73. The first-order valence-corrected chi connectivity index (χ1v) is 7.12. The average Bonchev–Trinajstić information content (AvgIpc) is 2.88. The highest BCUT2D eigenvalue weighted by Crippen LogP contribution is 2.28. The number of fused-ring (bicyclic) bond motifs is 1. The molecular formula is C16H19F2N. The maximum absolute atomic E-state index is 13.6. The number of likely N-dealkylation sites (tertiary alicyclic amines) is 1. The number of nitrogens with zero attached hydrogens (tertiary/aromatic N) is 1. The molecule has 3 heteroatoms. The second kappa shape index (κ2) is 5.41. The quantitative estimate of drug-likeness (QED) is 0.802. The van der Waals surface area contributed by atoms with Gasteiger partial charge in [0.05, 0.1) is 0 Å². The highest BCUT2D eigenvalue weighted by molar-refractivity contribution is 5.60. The summed E-state index contributed by atoms with van der Waals surface area (Å²) < 4.78 is 26.8. The van der Waals surface area contributed by atoms with Gasteiger partial charge in [-0.05, 0) is 62.4 Å². The van der Waals surface area contributed by atoms with Gasteiger partial charge in [0.15, 0.2) is 0 Å².